The van der Waals surface area contributed by atoms with Crippen molar-refractivity contribution in [2.75, 3.05) is 0 Å². The van der Waals surface area contributed by atoms with Crippen molar-refractivity contribution in [1.82, 2.24) is 4.57 Å². The molecule has 0 saturated carbocycles. The molecule has 0 aliphatic heterocycles. The van der Waals surface area contributed by atoms with Crippen LogP contribution in [0.5, 0.6) is 0 Å². The van der Waals surface area contributed by atoms with E-state index in [9.17, 15) is 9.18 Å². The van der Waals surface area contributed by atoms with Crippen LogP contribution in [0.3, 0.4) is 0 Å². The van der Waals surface area contributed by atoms with Crippen LogP contribution < -0.4 is 0 Å². The van der Waals surface area contributed by atoms with Crippen LogP contribution in [-0.4, -0.2) is 15.6 Å². The number of fused-ring (bicyclic) bond motifs is 1. The molecule has 0 unspecified atom stereocenters. The Kier molecular flexibility index (Phi) is 3.01. The minimum Gasteiger partial charge on any atom is -0.478 e. The highest BCUT2D eigenvalue weighted by Gasteiger charge is 2.14. The number of rotatable bonds is 2. The summed E-state index contributed by atoms with van der Waals surface area (Å²) in [6, 6.07) is 9.86. The third-order valence-electron chi connectivity index (χ3n) is 3.65. The van der Waals surface area contributed by atoms with Gasteiger partial charge in [-0.2, -0.15) is 0 Å². The van der Waals surface area contributed by atoms with Gasteiger partial charge in [-0.25, -0.2) is 9.18 Å². The Morgan fingerprint density at radius 2 is 1.90 bits per heavy atom. The van der Waals surface area contributed by atoms with Crippen molar-refractivity contribution < 1.29 is 14.3 Å². The molecule has 1 N–H and O–H groups in total. The molecule has 106 valence electrons. The Hall–Kier alpha value is -2.62. The molecule has 3 aromatic rings. The van der Waals surface area contributed by atoms with Crippen LogP contribution in [0.2, 0.25) is 0 Å². The minimum absolute atomic E-state index is 0.222. The normalized spacial score (nSPS) is 11.0. The van der Waals surface area contributed by atoms with E-state index in [0.717, 1.165) is 22.0 Å². The molecule has 3 nitrogen and oxygen atoms in total. The Morgan fingerprint density at radius 1 is 1.14 bits per heavy atom. The maximum atomic E-state index is 14.1. The largest absolute Gasteiger partial charge is 0.478 e. The van der Waals surface area contributed by atoms with E-state index in [1.165, 1.54) is 6.07 Å². The maximum Gasteiger partial charge on any atom is 0.335 e. The van der Waals surface area contributed by atoms with Crippen molar-refractivity contribution in [2.24, 2.45) is 7.05 Å². The van der Waals surface area contributed by atoms with Crippen LogP contribution in [-0.2, 0) is 7.05 Å². The van der Waals surface area contributed by atoms with Gasteiger partial charge in [0.25, 0.3) is 0 Å². The summed E-state index contributed by atoms with van der Waals surface area (Å²) >= 11 is 0. The first-order valence-electron chi connectivity index (χ1n) is 6.56. The van der Waals surface area contributed by atoms with E-state index in [1.807, 2.05) is 24.7 Å². The highest BCUT2D eigenvalue weighted by Crippen LogP contribution is 2.33. The van der Waals surface area contributed by atoms with Gasteiger partial charge in [0.2, 0.25) is 0 Å². The standard InChI is InChI=1S/C17H14FNO2/c1-10-3-6-15(18)13(7-10)14-9-19(2)16-8-11(17(20)21)4-5-12(14)16/h3-9H,1-2H3,(H,20,21). The number of aromatic carboxylic acids is 1. The van der Waals surface area contributed by atoms with Gasteiger partial charge in [0.1, 0.15) is 5.82 Å². The molecule has 0 aliphatic carbocycles. The highest BCUT2D eigenvalue weighted by molar-refractivity contribution is 6.00. The van der Waals surface area contributed by atoms with E-state index < -0.39 is 5.97 Å². The van der Waals surface area contributed by atoms with Crippen LogP contribution in [0.4, 0.5) is 4.39 Å². The predicted octanol–water partition coefficient (Wildman–Crippen LogP) is 3.99. The molecule has 1 aromatic heterocycles. The van der Waals surface area contributed by atoms with E-state index in [-0.39, 0.29) is 11.4 Å². The summed E-state index contributed by atoms with van der Waals surface area (Å²) in [5, 5.41) is 9.91. The molecule has 0 bridgehead atoms. The topological polar surface area (TPSA) is 42.2 Å². The van der Waals surface area contributed by atoms with E-state index in [0.29, 0.717) is 5.56 Å². The molecule has 1 heterocycles. The van der Waals surface area contributed by atoms with E-state index in [4.69, 9.17) is 5.11 Å². The summed E-state index contributed by atoms with van der Waals surface area (Å²) in [5.74, 6) is -1.25. The van der Waals surface area contributed by atoms with Gasteiger partial charge in [-0.3, -0.25) is 0 Å². The summed E-state index contributed by atoms with van der Waals surface area (Å²) < 4.78 is 15.9. The van der Waals surface area contributed by atoms with Crippen molar-refractivity contribution in [2.45, 2.75) is 6.92 Å². The summed E-state index contributed by atoms with van der Waals surface area (Å²) in [7, 11) is 1.82. The van der Waals surface area contributed by atoms with Gasteiger partial charge in [-0.1, -0.05) is 17.7 Å². The molecule has 21 heavy (non-hydrogen) atoms. The number of benzene rings is 2. The Labute approximate surface area is 121 Å². The number of carboxylic acids is 1. The van der Waals surface area contributed by atoms with E-state index in [2.05, 4.69) is 0 Å². The summed E-state index contributed by atoms with van der Waals surface area (Å²) in [5.41, 5.74) is 3.27. The fourth-order valence-corrected chi connectivity index (χ4v) is 2.58. The molecule has 0 fully saturated rings. The molecule has 0 amide bonds. The lowest BCUT2D eigenvalue weighted by atomic mass is 10.0. The maximum absolute atomic E-state index is 14.1. The van der Waals surface area contributed by atoms with Gasteiger partial charge in [0.05, 0.1) is 5.56 Å². The van der Waals surface area contributed by atoms with Gasteiger partial charge in [-0.05, 0) is 31.2 Å². The van der Waals surface area contributed by atoms with E-state index >= 15 is 0 Å². The zero-order valence-electron chi connectivity index (χ0n) is 11.7. The first kappa shape index (κ1) is 13.4. The fourth-order valence-electron chi connectivity index (χ4n) is 2.58. The minimum atomic E-state index is -0.971. The second-order valence-electron chi connectivity index (χ2n) is 5.17. The average molecular weight is 283 g/mol. The number of halogens is 1. The van der Waals surface area contributed by atoms with E-state index in [1.54, 1.807) is 30.3 Å². The van der Waals surface area contributed by atoms with Gasteiger partial charge in [-0.15, -0.1) is 0 Å². The van der Waals surface area contributed by atoms with Crippen LogP contribution in [0.1, 0.15) is 15.9 Å². The SMILES string of the molecule is Cc1ccc(F)c(-c2cn(C)c3cc(C(=O)O)ccc23)c1. The van der Waals surface area contributed by atoms with Gasteiger partial charge in [0.15, 0.2) is 0 Å². The molecule has 0 atom stereocenters. The van der Waals surface area contributed by atoms with Crippen LogP contribution in [0, 0.1) is 12.7 Å². The number of hydrogen-bond acceptors (Lipinski definition) is 1. The average Bonchev–Trinajstić information content (AvgIpc) is 2.78. The predicted molar refractivity (Wildman–Crippen MR) is 80.0 cm³/mol. The summed E-state index contributed by atoms with van der Waals surface area (Å²) in [6.07, 6.45) is 1.83. The first-order chi connectivity index (χ1) is 9.97. The quantitative estimate of drug-likeness (QED) is 0.772. The number of aryl methyl sites for hydroxylation is 2. The van der Waals surface area contributed by atoms with Crippen molar-refractivity contribution in [3.05, 3.63) is 59.5 Å². The zero-order valence-corrected chi connectivity index (χ0v) is 11.7. The van der Waals surface area contributed by atoms with Crippen molar-refractivity contribution >= 4 is 16.9 Å². The molecule has 0 spiro atoms. The van der Waals surface area contributed by atoms with Crippen LogP contribution in [0.15, 0.2) is 42.6 Å². The second kappa shape index (κ2) is 4.74. The smallest absolute Gasteiger partial charge is 0.335 e. The lowest BCUT2D eigenvalue weighted by molar-refractivity contribution is 0.0697. The number of carboxylic acid groups (broad SMARTS) is 1. The monoisotopic (exact) mass is 283 g/mol. The third kappa shape index (κ3) is 2.18. The van der Waals surface area contributed by atoms with Crippen LogP contribution >= 0.6 is 0 Å². The van der Waals surface area contributed by atoms with Gasteiger partial charge >= 0.3 is 5.97 Å². The van der Waals surface area contributed by atoms with Crippen LogP contribution in [0.25, 0.3) is 22.0 Å². The lowest BCUT2D eigenvalue weighted by Crippen LogP contribution is -1.96. The lowest BCUT2D eigenvalue weighted by Gasteiger charge is -2.03. The number of hydrogen-bond donors (Lipinski definition) is 1. The molecular formula is C17H14FNO2. The number of aromatic nitrogens is 1. The first-order valence-corrected chi connectivity index (χ1v) is 6.56. The van der Waals surface area contributed by atoms with Crippen molar-refractivity contribution in [3.8, 4) is 11.1 Å². The highest BCUT2D eigenvalue weighted by atomic mass is 19.1. The van der Waals surface area contributed by atoms with Crippen molar-refractivity contribution in [1.29, 1.82) is 0 Å². The van der Waals surface area contributed by atoms with Gasteiger partial charge < -0.3 is 9.67 Å². The fraction of sp³-hybridized carbons (Fsp3) is 0.118. The Balaban J connectivity index is 2.29. The Morgan fingerprint density at radius 3 is 2.62 bits per heavy atom. The molecule has 4 heteroatoms. The van der Waals surface area contributed by atoms with Gasteiger partial charge in [0, 0.05) is 35.3 Å². The molecule has 3 rings (SSSR count). The van der Waals surface area contributed by atoms with Crippen molar-refractivity contribution in [3.63, 3.8) is 0 Å². The molecular weight excluding hydrogens is 269 g/mol. The number of carbonyl (C=O) groups is 1. The molecule has 0 aliphatic rings. The zero-order chi connectivity index (χ0) is 15.1. The molecule has 2 aromatic carbocycles. The Bertz CT molecular complexity index is 865. The third-order valence-corrected chi connectivity index (χ3v) is 3.65. The molecule has 0 radical (unpaired) electrons. The molecule has 0 saturated heterocycles. The summed E-state index contributed by atoms with van der Waals surface area (Å²) in [4.78, 5) is 11.1. The number of nitrogens with zero attached hydrogens (tertiary/aromatic N) is 1. The second-order valence-corrected chi connectivity index (χ2v) is 5.17. The summed E-state index contributed by atoms with van der Waals surface area (Å²) in [6.45, 7) is 1.91.